The Morgan fingerprint density at radius 2 is 0.818 bits per heavy atom. The second-order valence-electron chi connectivity index (χ2n) is 21.3. The van der Waals surface area contributed by atoms with Crippen molar-refractivity contribution in [1.82, 2.24) is 0 Å². The first-order valence-corrected chi connectivity index (χ1v) is 31.3. The van der Waals surface area contributed by atoms with Crippen LogP contribution in [0.15, 0.2) is 60.8 Å². The molecular formula is C65H112O12. The number of hydrogen-bond donors (Lipinski definition) is 3. The van der Waals surface area contributed by atoms with Crippen LogP contribution in [0.3, 0.4) is 0 Å². The molecule has 1 heterocycles. The maximum Gasteiger partial charge on any atom is 0.335 e. The van der Waals surface area contributed by atoms with Gasteiger partial charge < -0.3 is 39.0 Å². The number of aliphatic carboxylic acids is 1. The van der Waals surface area contributed by atoms with E-state index in [2.05, 4.69) is 81.5 Å². The average molecular weight is 1090 g/mol. The number of ether oxygens (including phenoxy) is 5. The first-order valence-electron chi connectivity index (χ1n) is 31.3. The van der Waals surface area contributed by atoms with E-state index in [1.54, 1.807) is 0 Å². The van der Waals surface area contributed by atoms with E-state index in [0.717, 1.165) is 70.6 Å². The van der Waals surface area contributed by atoms with Crippen LogP contribution in [0.1, 0.15) is 278 Å². The maximum atomic E-state index is 13.2. The molecule has 444 valence electrons. The Bertz CT molecular complexity index is 1570. The number of unbranched alkanes of at least 4 members (excludes halogenated alkanes) is 29. The van der Waals surface area contributed by atoms with Gasteiger partial charge in [-0.2, -0.15) is 0 Å². The smallest absolute Gasteiger partial charge is 0.335 e. The number of carboxylic acid groups (broad SMARTS) is 1. The van der Waals surface area contributed by atoms with Gasteiger partial charge in [0, 0.05) is 19.3 Å². The van der Waals surface area contributed by atoms with Crippen LogP contribution in [0, 0.1) is 0 Å². The highest BCUT2D eigenvalue weighted by Gasteiger charge is 2.50. The molecule has 1 rings (SSSR count). The lowest BCUT2D eigenvalue weighted by molar-refractivity contribution is -0.301. The number of allylic oxidation sites excluding steroid dienone is 10. The minimum absolute atomic E-state index is 0.00891. The monoisotopic (exact) mass is 1080 g/mol. The number of carboxylic acids is 1. The predicted octanol–water partition coefficient (Wildman–Crippen LogP) is 16.3. The van der Waals surface area contributed by atoms with Gasteiger partial charge in [-0.3, -0.25) is 14.4 Å². The fraction of sp³-hybridized carbons (Fsp3) is 0.785. The number of aliphatic hydroxyl groups excluding tert-OH is 2. The number of carbonyl (C=O) groups excluding carboxylic acids is 3. The van der Waals surface area contributed by atoms with Crippen LogP contribution >= 0.6 is 0 Å². The Morgan fingerprint density at radius 1 is 0.442 bits per heavy atom. The van der Waals surface area contributed by atoms with Crippen LogP contribution in [0.2, 0.25) is 0 Å². The summed E-state index contributed by atoms with van der Waals surface area (Å²) in [6, 6.07) is 0. The molecule has 77 heavy (non-hydrogen) atoms. The molecule has 1 saturated heterocycles. The fourth-order valence-corrected chi connectivity index (χ4v) is 9.30. The highest BCUT2D eigenvalue weighted by Crippen LogP contribution is 2.26. The zero-order valence-electron chi connectivity index (χ0n) is 49.0. The molecule has 3 N–H and O–H groups in total. The van der Waals surface area contributed by atoms with Gasteiger partial charge in [-0.25, -0.2) is 4.79 Å². The first-order chi connectivity index (χ1) is 37.6. The molecule has 6 atom stereocenters. The Balaban J connectivity index is 2.67. The van der Waals surface area contributed by atoms with Crippen LogP contribution < -0.4 is 0 Å². The van der Waals surface area contributed by atoms with Crippen LogP contribution in [0.5, 0.6) is 0 Å². The van der Waals surface area contributed by atoms with Gasteiger partial charge in [0.2, 0.25) is 0 Å². The highest BCUT2D eigenvalue weighted by atomic mass is 16.7. The molecule has 0 amide bonds. The number of rotatable bonds is 53. The van der Waals surface area contributed by atoms with Gasteiger partial charge in [0.1, 0.15) is 18.8 Å². The van der Waals surface area contributed by atoms with Crippen molar-refractivity contribution < 1.29 is 58.2 Å². The summed E-state index contributed by atoms with van der Waals surface area (Å²) in [6.07, 6.45) is 53.3. The van der Waals surface area contributed by atoms with Crippen LogP contribution in [0.4, 0.5) is 0 Å². The summed E-state index contributed by atoms with van der Waals surface area (Å²) in [5, 5.41) is 31.5. The Hall–Kier alpha value is -3.58. The van der Waals surface area contributed by atoms with Crippen molar-refractivity contribution in [2.24, 2.45) is 0 Å². The number of carbonyl (C=O) groups is 4. The molecule has 0 aromatic heterocycles. The fourth-order valence-electron chi connectivity index (χ4n) is 9.30. The molecule has 12 heteroatoms. The third-order valence-corrected chi connectivity index (χ3v) is 14.1. The lowest BCUT2D eigenvalue weighted by atomic mass is 9.98. The summed E-state index contributed by atoms with van der Waals surface area (Å²) in [4.78, 5) is 51.2. The van der Waals surface area contributed by atoms with Gasteiger partial charge in [-0.15, -0.1) is 0 Å². The topological polar surface area (TPSA) is 175 Å². The summed E-state index contributed by atoms with van der Waals surface area (Å²) >= 11 is 0. The van der Waals surface area contributed by atoms with E-state index in [0.29, 0.717) is 25.7 Å². The molecule has 0 aliphatic carbocycles. The van der Waals surface area contributed by atoms with Crippen LogP contribution in [0.25, 0.3) is 0 Å². The van der Waals surface area contributed by atoms with E-state index >= 15 is 0 Å². The molecule has 0 spiro atoms. The Labute approximate surface area is 468 Å². The third kappa shape index (κ3) is 43.0. The normalized spacial score (nSPS) is 18.4. The van der Waals surface area contributed by atoms with Crippen molar-refractivity contribution in [1.29, 1.82) is 0 Å². The molecular weight excluding hydrogens is 973 g/mol. The second-order valence-corrected chi connectivity index (χ2v) is 21.3. The number of esters is 3. The molecule has 0 radical (unpaired) electrons. The molecule has 1 aliphatic heterocycles. The van der Waals surface area contributed by atoms with Crippen molar-refractivity contribution in [3.63, 3.8) is 0 Å². The van der Waals surface area contributed by atoms with Gasteiger partial charge in [-0.05, 0) is 83.5 Å². The third-order valence-electron chi connectivity index (χ3n) is 14.1. The summed E-state index contributed by atoms with van der Waals surface area (Å²) in [5.74, 6) is -3.16. The van der Waals surface area contributed by atoms with Gasteiger partial charge in [0.05, 0.1) is 6.61 Å². The predicted molar refractivity (Wildman–Crippen MR) is 312 cm³/mol. The van der Waals surface area contributed by atoms with Crippen molar-refractivity contribution in [2.45, 2.75) is 314 Å². The Kier molecular flexibility index (Phi) is 49.2. The first kappa shape index (κ1) is 71.4. The van der Waals surface area contributed by atoms with Crippen molar-refractivity contribution in [3.05, 3.63) is 60.8 Å². The van der Waals surface area contributed by atoms with E-state index in [4.69, 9.17) is 23.7 Å². The van der Waals surface area contributed by atoms with Crippen LogP contribution in [-0.2, 0) is 42.9 Å². The molecule has 0 aromatic carbocycles. The number of aliphatic hydroxyl groups is 2. The molecule has 12 nitrogen and oxygen atoms in total. The summed E-state index contributed by atoms with van der Waals surface area (Å²) in [6.45, 7) is 5.88. The second kappa shape index (κ2) is 53.1. The van der Waals surface area contributed by atoms with E-state index in [9.17, 15) is 34.5 Å². The Morgan fingerprint density at radius 3 is 1.29 bits per heavy atom. The summed E-state index contributed by atoms with van der Waals surface area (Å²) in [5.41, 5.74) is 0. The molecule has 6 unspecified atom stereocenters. The van der Waals surface area contributed by atoms with E-state index < -0.39 is 67.3 Å². The lowest BCUT2D eigenvalue weighted by Gasteiger charge is -2.40. The van der Waals surface area contributed by atoms with E-state index in [1.807, 2.05) is 0 Å². The largest absolute Gasteiger partial charge is 0.479 e. The molecule has 0 bridgehead atoms. The van der Waals surface area contributed by atoms with Gasteiger partial charge >= 0.3 is 23.9 Å². The number of hydrogen-bond acceptors (Lipinski definition) is 11. The average Bonchev–Trinajstić information content (AvgIpc) is 3.42. The van der Waals surface area contributed by atoms with Gasteiger partial charge in [0.15, 0.2) is 24.6 Å². The SMILES string of the molecule is CC/C=C\C/C=C\C/C=C\C/C=C\CCCCC(=O)OC1C(OCC(COC(=O)CCCCCCCCCCC/C=C\CCCCCCCC)OC(=O)CCCCCCCCCCCCCCC)OC(C(=O)O)C(O)C1O. The summed E-state index contributed by atoms with van der Waals surface area (Å²) in [7, 11) is 0. The lowest BCUT2D eigenvalue weighted by Crippen LogP contribution is -2.61. The molecule has 1 aliphatic rings. The van der Waals surface area contributed by atoms with Gasteiger partial charge in [0.25, 0.3) is 0 Å². The van der Waals surface area contributed by atoms with Gasteiger partial charge in [-0.1, -0.05) is 236 Å². The standard InChI is InChI=1S/C65H112O12/c1-4-7-10-13-16-19-22-25-27-28-29-30-32-34-36-39-42-45-48-51-57(66)73-54-56(75-58(67)52-49-46-43-40-37-33-24-21-18-15-12-9-6-3)55-74-65-63(61(70)60(69)62(77-65)64(71)72)76-59(68)53-50-47-44-41-38-35-31-26-23-20-17-14-11-8-5-2/h8,11,17,20,25-27,31,38,41,56,60-63,65,69-70H,4-7,9-10,12-16,18-19,21-24,28-30,32-37,39-40,42-55H2,1-3H3,(H,71,72)/b11-8-,20-17-,27-25-,31-26-,41-38-. The quantitative estimate of drug-likeness (QED) is 0.0228. The zero-order chi connectivity index (χ0) is 56.1. The highest BCUT2D eigenvalue weighted by molar-refractivity contribution is 5.74. The van der Waals surface area contributed by atoms with E-state index in [1.165, 1.54) is 141 Å². The zero-order valence-corrected chi connectivity index (χ0v) is 49.0. The molecule has 0 aromatic rings. The minimum atomic E-state index is -1.92. The molecule has 1 fully saturated rings. The van der Waals surface area contributed by atoms with Crippen LogP contribution in [-0.4, -0.2) is 89.2 Å². The maximum absolute atomic E-state index is 13.2. The van der Waals surface area contributed by atoms with Crippen molar-refractivity contribution in [2.75, 3.05) is 13.2 Å². The van der Waals surface area contributed by atoms with E-state index in [-0.39, 0.29) is 25.9 Å². The molecule has 0 saturated carbocycles. The summed E-state index contributed by atoms with van der Waals surface area (Å²) < 4.78 is 28.4. The van der Waals surface area contributed by atoms with Crippen molar-refractivity contribution in [3.8, 4) is 0 Å². The van der Waals surface area contributed by atoms with Crippen molar-refractivity contribution >= 4 is 23.9 Å². The minimum Gasteiger partial charge on any atom is -0.479 e.